The summed E-state index contributed by atoms with van der Waals surface area (Å²) < 4.78 is 15.6. The largest absolute Gasteiger partial charge is 0.464 e. The summed E-state index contributed by atoms with van der Waals surface area (Å²) in [4.78, 5) is 29.7. The van der Waals surface area contributed by atoms with Crippen LogP contribution in [0.25, 0.3) is 0 Å². The van der Waals surface area contributed by atoms with E-state index in [1.165, 1.54) is 7.11 Å². The maximum Gasteiger partial charge on any atom is 0.410 e. The number of hydrogen-bond acceptors (Lipinski definition) is 6. The zero-order chi connectivity index (χ0) is 16.5. The third-order valence-corrected chi connectivity index (χ3v) is 3.36. The fourth-order valence-corrected chi connectivity index (χ4v) is 2.41. The van der Waals surface area contributed by atoms with Crippen LogP contribution in [0.2, 0.25) is 0 Å². The average Bonchev–Trinajstić information content (AvgIpc) is 3.01. The number of oxazole rings is 1. The number of hydrogen-bond donors (Lipinski definition) is 0. The summed E-state index contributed by atoms with van der Waals surface area (Å²) in [7, 11) is 1.29. The lowest BCUT2D eigenvalue weighted by atomic mass is 10.2. The maximum atomic E-state index is 12.3. The van der Waals surface area contributed by atoms with Crippen LogP contribution in [0.5, 0.6) is 0 Å². The van der Waals surface area contributed by atoms with Gasteiger partial charge >= 0.3 is 12.1 Å². The van der Waals surface area contributed by atoms with Gasteiger partial charge in [0.2, 0.25) is 5.89 Å². The Labute approximate surface area is 129 Å². The van der Waals surface area contributed by atoms with E-state index < -0.39 is 17.7 Å². The molecular weight excluding hydrogens is 288 g/mol. The second-order valence-corrected chi connectivity index (χ2v) is 6.28. The summed E-state index contributed by atoms with van der Waals surface area (Å²) >= 11 is 0. The Morgan fingerprint density at radius 3 is 2.64 bits per heavy atom. The zero-order valence-electron chi connectivity index (χ0n) is 13.6. The number of carbonyl (C=O) groups excluding carboxylic acids is 2. The lowest BCUT2D eigenvalue weighted by Gasteiger charge is -2.27. The molecule has 1 atom stereocenters. The number of carbonyl (C=O) groups is 2. The van der Waals surface area contributed by atoms with Gasteiger partial charge < -0.3 is 13.9 Å². The average molecular weight is 310 g/mol. The summed E-state index contributed by atoms with van der Waals surface area (Å²) in [6.45, 7) is 7.69. The molecule has 0 aliphatic carbocycles. The first kappa shape index (κ1) is 16.3. The Balaban J connectivity index is 2.21. The molecule has 122 valence electrons. The molecule has 7 heteroatoms. The van der Waals surface area contributed by atoms with Crippen LogP contribution in [-0.4, -0.2) is 41.2 Å². The van der Waals surface area contributed by atoms with Crippen molar-refractivity contribution < 1.29 is 23.5 Å². The second-order valence-electron chi connectivity index (χ2n) is 6.28. The Morgan fingerprint density at radius 1 is 1.36 bits per heavy atom. The van der Waals surface area contributed by atoms with E-state index >= 15 is 0 Å². The van der Waals surface area contributed by atoms with Crippen LogP contribution < -0.4 is 0 Å². The van der Waals surface area contributed by atoms with E-state index in [2.05, 4.69) is 9.72 Å². The number of nitrogens with zero attached hydrogens (tertiary/aromatic N) is 2. The highest BCUT2D eigenvalue weighted by Gasteiger charge is 2.37. The minimum absolute atomic E-state index is 0.147. The molecular formula is C15H22N2O5. The van der Waals surface area contributed by atoms with Crippen molar-refractivity contribution in [3.63, 3.8) is 0 Å². The van der Waals surface area contributed by atoms with Gasteiger partial charge in [-0.15, -0.1) is 0 Å². The van der Waals surface area contributed by atoms with Crippen molar-refractivity contribution in [3.05, 3.63) is 17.3 Å². The number of aryl methyl sites for hydroxylation is 1. The molecule has 2 rings (SSSR count). The van der Waals surface area contributed by atoms with E-state index in [1.54, 1.807) is 11.8 Å². The van der Waals surface area contributed by atoms with Crippen LogP contribution in [0.1, 0.15) is 61.8 Å². The summed E-state index contributed by atoms with van der Waals surface area (Å²) in [6, 6.07) is -0.313. The first-order valence-corrected chi connectivity index (χ1v) is 7.28. The zero-order valence-corrected chi connectivity index (χ0v) is 13.6. The minimum Gasteiger partial charge on any atom is -0.464 e. The van der Waals surface area contributed by atoms with Crippen LogP contribution in [-0.2, 0) is 9.47 Å². The molecule has 7 nitrogen and oxygen atoms in total. The van der Waals surface area contributed by atoms with Gasteiger partial charge in [0.1, 0.15) is 17.4 Å². The molecule has 1 aromatic rings. The topological polar surface area (TPSA) is 81.9 Å². The molecule has 1 aromatic heterocycles. The molecule has 1 amide bonds. The van der Waals surface area contributed by atoms with Gasteiger partial charge in [0, 0.05) is 6.54 Å². The molecule has 0 radical (unpaired) electrons. The van der Waals surface area contributed by atoms with E-state index in [1.807, 2.05) is 20.8 Å². The van der Waals surface area contributed by atoms with E-state index in [-0.39, 0.29) is 11.7 Å². The third-order valence-electron chi connectivity index (χ3n) is 3.36. The molecule has 0 bridgehead atoms. The number of methoxy groups -OCH3 is 1. The van der Waals surface area contributed by atoms with Crippen molar-refractivity contribution in [1.82, 2.24) is 9.88 Å². The predicted molar refractivity (Wildman–Crippen MR) is 77.5 cm³/mol. The first-order valence-electron chi connectivity index (χ1n) is 7.28. The van der Waals surface area contributed by atoms with Gasteiger partial charge in [-0.25, -0.2) is 14.6 Å². The minimum atomic E-state index is -0.562. The van der Waals surface area contributed by atoms with Crippen molar-refractivity contribution in [2.75, 3.05) is 13.7 Å². The third kappa shape index (κ3) is 3.40. The Bertz CT molecular complexity index is 573. The van der Waals surface area contributed by atoms with Crippen LogP contribution in [0, 0.1) is 6.92 Å². The molecule has 1 unspecified atom stereocenters. The SMILES string of the molecule is COC(=O)c1nc(C2CCCN2C(=O)OC(C)(C)C)oc1C. The van der Waals surface area contributed by atoms with Crippen molar-refractivity contribution in [2.45, 2.75) is 52.2 Å². The molecule has 2 heterocycles. The maximum absolute atomic E-state index is 12.3. The summed E-state index contributed by atoms with van der Waals surface area (Å²) in [6.07, 6.45) is 1.16. The number of rotatable bonds is 2. The Hall–Kier alpha value is -2.05. The number of amides is 1. The molecule has 0 aromatic carbocycles. The van der Waals surface area contributed by atoms with Gasteiger partial charge in [0.25, 0.3) is 0 Å². The van der Waals surface area contributed by atoms with Gasteiger partial charge in [0.05, 0.1) is 7.11 Å². The molecule has 0 N–H and O–H groups in total. The lowest BCUT2D eigenvalue weighted by Crippen LogP contribution is -2.36. The van der Waals surface area contributed by atoms with E-state index in [4.69, 9.17) is 9.15 Å². The molecule has 1 aliphatic rings. The predicted octanol–water partition coefficient (Wildman–Crippen LogP) is 2.84. The van der Waals surface area contributed by atoms with Gasteiger partial charge in [-0.1, -0.05) is 0 Å². The van der Waals surface area contributed by atoms with Crippen molar-refractivity contribution in [2.24, 2.45) is 0 Å². The molecule has 22 heavy (non-hydrogen) atoms. The molecule has 0 spiro atoms. The van der Waals surface area contributed by atoms with Crippen LogP contribution in [0.4, 0.5) is 4.79 Å². The van der Waals surface area contributed by atoms with Crippen LogP contribution in [0.3, 0.4) is 0 Å². The fourth-order valence-electron chi connectivity index (χ4n) is 2.41. The van der Waals surface area contributed by atoms with Crippen molar-refractivity contribution >= 4 is 12.1 Å². The van der Waals surface area contributed by atoms with Crippen LogP contribution >= 0.6 is 0 Å². The van der Waals surface area contributed by atoms with E-state index in [0.29, 0.717) is 18.2 Å². The lowest BCUT2D eigenvalue weighted by molar-refractivity contribution is 0.0203. The van der Waals surface area contributed by atoms with Gasteiger partial charge in [-0.3, -0.25) is 4.90 Å². The standard InChI is InChI=1S/C15H22N2O5/c1-9-11(13(18)20-5)16-12(21-9)10-7-6-8-17(10)14(19)22-15(2,3)4/h10H,6-8H2,1-5H3. The Morgan fingerprint density at radius 2 is 2.05 bits per heavy atom. The first-order chi connectivity index (χ1) is 10.2. The fraction of sp³-hybridized carbons (Fsp3) is 0.667. The summed E-state index contributed by atoms with van der Waals surface area (Å²) in [5, 5.41) is 0. The van der Waals surface area contributed by atoms with Crippen molar-refractivity contribution in [3.8, 4) is 0 Å². The number of esters is 1. The monoisotopic (exact) mass is 310 g/mol. The number of ether oxygens (including phenoxy) is 2. The van der Waals surface area contributed by atoms with Crippen molar-refractivity contribution in [1.29, 1.82) is 0 Å². The number of aromatic nitrogens is 1. The molecule has 1 saturated heterocycles. The highest BCUT2D eigenvalue weighted by molar-refractivity contribution is 5.88. The van der Waals surface area contributed by atoms with Crippen LogP contribution in [0.15, 0.2) is 4.42 Å². The highest BCUT2D eigenvalue weighted by atomic mass is 16.6. The summed E-state index contributed by atoms with van der Waals surface area (Å²) in [5.74, 6) is 0.188. The quantitative estimate of drug-likeness (QED) is 0.781. The van der Waals surface area contributed by atoms with Gasteiger partial charge in [-0.05, 0) is 40.5 Å². The second kappa shape index (κ2) is 5.98. The smallest absolute Gasteiger partial charge is 0.410 e. The molecule has 1 aliphatic heterocycles. The van der Waals surface area contributed by atoms with Gasteiger partial charge in [-0.2, -0.15) is 0 Å². The number of likely N-dealkylation sites (tertiary alicyclic amines) is 1. The Kier molecular flexibility index (Phi) is 4.44. The van der Waals surface area contributed by atoms with E-state index in [0.717, 1.165) is 12.8 Å². The molecule has 1 fully saturated rings. The van der Waals surface area contributed by atoms with Gasteiger partial charge in [0.15, 0.2) is 5.69 Å². The summed E-state index contributed by atoms with van der Waals surface area (Å²) in [5.41, 5.74) is -0.415. The normalized spacial score (nSPS) is 18.4. The van der Waals surface area contributed by atoms with E-state index in [9.17, 15) is 9.59 Å². The molecule has 0 saturated carbocycles. The highest BCUT2D eigenvalue weighted by Crippen LogP contribution is 2.33.